The lowest BCUT2D eigenvalue weighted by molar-refractivity contribution is 0.596. The van der Waals surface area contributed by atoms with Crippen LogP contribution in [0.4, 0.5) is 4.39 Å². The molecule has 2 unspecified atom stereocenters. The van der Waals surface area contributed by atoms with Crippen LogP contribution in [0.5, 0.6) is 0 Å². The molecule has 0 bridgehead atoms. The summed E-state index contributed by atoms with van der Waals surface area (Å²) in [4.78, 5) is 4.68. The summed E-state index contributed by atoms with van der Waals surface area (Å²) in [5.74, 6) is 1.30. The minimum atomic E-state index is -0.202. The van der Waals surface area contributed by atoms with Crippen molar-refractivity contribution in [1.82, 2.24) is 9.55 Å². The van der Waals surface area contributed by atoms with E-state index in [2.05, 4.69) is 16.5 Å². The fourth-order valence-electron chi connectivity index (χ4n) is 3.01. The zero-order valence-corrected chi connectivity index (χ0v) is 10.6. The van der Waals surface area contributed by atoms with Crippen LogP contribution >= 0.6 is 0 Å². The molecular weight excluding hydrogens is 229 g/mol. The first-order valence-electron chi connectivity index (χ1n) is 6.60. The quantitative estimate of drug-likeness (QED) is 0.886. The minimum absolute atomic E-state index is 0.202. The Bertz CT molecular complexity index is 576. The summed E-state index contributed by atoms with van der Waals surface area (Å²) in [6, 6.07) is 5.09. The predicted octanol–water partition coefficient (Wildman–Crippen LogP) is 2.79. The second-order valence-electron chi connectivity index (χ2n) is 5.12. The van der Waals surface area contributed by atoms with Crippen LogP contribution < -0.4 is 5.73 Å². The minimum Gasteiger partial charge on any atom is -0.328 e. The third-order valence-electron chi connectivity index (χ3n) is 3.89. The fraction of sp³-hybridized carbons (Fsp3) is 0.500. The first-order chi connectivity index (χ1) is 8.69. The molecule has 4 heteroatoms. The molecule has 18 heavy (non-hydrogen) atoms. The van der Waals surface area contributed by atoms with E-state index in [1.807, 2.05) is 0 Å². The van der Waals surface area contributed by atoms with Crippen molar-refractivity contribution < 1.29 is 4.39 Å². The van der Waals surface area contributed by atoms with Crippen LogP contribution in [0.15, 0.2) is 18.2 Å². The van der Waals surface area contributed by atoms with Crippen molar-refractivity contribution >= 4 is 11.0 Å². The number of imidazole rings is 1. The predicted molar refractivity (Wildman–Crippen MR) is 69.9 cm³/mol. The molecule has 2 N–H and O–H groups in total. The van der Waals surface area contributed by atoms with E-state index in [1.54, 1.807) is 12.1 Å². The summed E-state index contributed by atoms with van der Waals surface area (Å²) in [7, 11) is 0. The summed E-state index contributed by atoms with van der Waals surface area (Å²) >= 11 is 0. The van der Waals surface area contributed by atoms with Gasteiger partial charge in [0.2, 0.25) is 0 Å². The van der Waals surface area contributed by atoms with Gasteiger partial charge in [0.05, 0.1) is 11.0 Å². The molecule has 3 nitrogen and oxygen atoms in total. The topological polar surface area (TPSA) is 43.8 Å². The van der Waals surface area contributed by atoms with Gasteiger partial charge >= 0.3 is 0 Å². The largest absolute Gasteiger partial charge is 0.328 e. The van der Waals surface area contributed by atoms with E-state index >= 15 is 0 Å². The summed E-state index contributed by atoms with van der Waals surface area (Å²) < 4.78 is 15.5. The molecule has 1 heterocycles. The maximum atomic E-state index is 13.3. The molecular formula is C14H18FN3. The number of fused-ring (bicyclic) bond motifs is 1. The molecule has 1 aromatic carbocycles. The van der Waals surface area contributed by atoms with E-state index in [9.17, 15) is 4.39 Å². The Labute approximate surface area is 106 Å². The molecule has 0 aliphatic heterocycles. The molecule has 96 valence electrons. The number of hydrogen-bond donors (Lipinski definition) is 1. The third-order valence-corrected chi connectivity index (χ3v) is 3.89. The Morgan fingerprint density at radius 3 is 2.94 bits per heavy atom. The van der Waals surface area contributed by atoms with Crippen LogP contribution in [-0.4, -0.2) is 15.6 Å². The van der Waals surface area contributed by atoms with Crippen LogP contribution in [0.25, 0.3) is 11.0 Å². The Morgan fingerprint density at radius 2 is 2.28 bits per heavy atom. The second-order valence-corrected chi connectivity index (χ2v) is 5.12. The van der Waals surface area contributed by atoms with E-state index in [-0.39, 0.29) is 11.9 Å². The second kappa shape index (κ2) is 4.35. The van der Waals surface area contributed by atoms with Crippen molar-refractivity contribution in [3.63, 3.8) is 0 Å². The van der Waals surface area contributed by atoms with Gasteiger partial charge in [-0.2, -0.15) is 0 Å². The van der Waals surface area contributed by atoms with Crippen LogP contribution in [0, 0.1) is 5.82 Å². The molecule has 2 aromatic rings. The smallest absolute Gasteiger partial charge is 0.125 e. The van der Waals surface area contributed by atoms with Gasteiger partial charge in [-0.05, 0) is 44.4 Å². The van der Waals surface area contributed by atoms with Gasteiger partial charge in [0.25, 0.3) is 0 Å². The van der Waals surface area contributed by atoms with Crippen LogP contribution in [0.1, 0.15) is 37.9 Å². The molecule has 0 spiro atoms. The Hall–Kier alpha value is -1.42. The number of aryl methyl sites for hydroxylation is 1. The molecule has 1 aliphatic rings. The van der Waals surface area contributed by atoms with Crippen molar-refractivity contribution in [2.45, 2.75) is 44.7 Å². The number of rotatable bonds is 2. The zero-order valence-electron chi connectivity index (χ0n) is 10.6. The van der Waals surface area contributed by atoms with Gasteiger partial charge in [-0.1, -0.05) is 0 Å². The van der Waals surface area contributed by atoms with E-state index in [4.69, 9.17) is 5.73 Å². The van der Waals surface area contributed by atoms with Crippen LogP contribution in [-0.2, 0) is 6.54 Å². The molecule has 0 amide bonds. The number of hydrogen-bond acceptors (Lipinski definition) is 2. The Kier molecular flexibility index (Phi) is 2.82. The number of halogens is 1. The van der Waals surface area contributed by atoms with Gasteiger partial charge in [0.15, 0.2) is 0 Å². The maximum absolute atomic E-state index is 13.3. The highest BCUT2D eigenvalue weighted by Gasteiger charge is 2.27. The monoisotopic (exact) mass is 247 g/mol. The molecule has 1 fully saturated rings. The lowest BCUT2D eigenvalue weighted by Crippen LogP contribution is -2.15. The fourth-order valence-corrected chi connectivity index (χ4v) is 3.01. The molecule has 3 rings (SSSR count). The summed E-state index contributed by atoms with van der Waals surface area (Å²) in [6.45, 7) is 2.89. The van der Waals surface area contributed by atoms with E-state index in [0.717, 1.165) is 42.7 Å². The van der Waals surface area contributed by atoms with E-state index in [1.165, 1.54) is 6.07 Å². The first-order valence-corrected chi connectivity index (χ1v) is 6.60. The molecule has 0 saturated heterocycles. The number of benzene rings is 1. The average molecular weight is 247 g/mol. The van der Waals surface area contributed by atoms with Gasteiger partial charge in [-0.25, -0.2) is 9.37 Å². The molecule has 2 atom stereocenters. The van der Waals surface area contributed by atoms with Gasteiger partial charge in [0, 0.05) is 18.5 Å². The Morgan fingerprint density at radius 1 is 1.44 bits per heavy atom. The number of nitrogens with two attached hydrogens (primary N) is 1. The third kappa shape index (κ3) is 1.81. The first kappa shape index (κ1) is 11.7. The normalized spacial score (nSPS) is 23.9. The van der Waals surface area contributed by atoms with Gasteiger partial charge < -0.3 is 10.3 Å². The highest BCUT2D eigenvalue weighted by Crippen LogP contribution is 2.34. The van der Waals surface area contributed by atoms with Crippen molar-refractivity contribution in [2.24, 2.45) is 5.73 Å². The number of aromatic nitrogens is 2. The standard InChI is InChI=1S/C14H18FN3/c1-2-18-13-8-10(15)4-6-12(13)17-14(18)9-3-5-11(16)7-9/h4,6,8-9,11H,2-3,5,7,16H2,1H3. The average Bonchev–Trinajstić information content (AvgIpc) is 2.91. The van der Waals surface area contributed by atoms with Gasteiger partial charge in [-0.3, -0.25) is 0 Å². The van der Waals surface area contributed by atoms with E-state index < -0.39 is 0 Å². The highest BCUT2D eigenvalue weighted by atomic mass is 19.1. The molecule has 1 saturated carbocycles. The van der Waals surface area contributed by atoms with Crippen LogP contribution in [0.3, 0.4) is 0 Å². The SMILES string of the molecule is CCn1c(C2CCC(N)C2)nc2ccc(F)cc21. The summed E-state index contributed by atoms with van der Waals surface area (Å²) in [5, 5.41) is 0. The zero-order chi connectivity index (χ0) is 12.7. The molecule has 1 aliphatic carbocycles. The number of nitrogens with zero attached hydrogens (tertiary/aromatic N) is 2. The van der Waals surface area contributed by atoms with Gasteiger partial charge in [-0.15, -0.1) is 0 Å². The van der Waals surface area contributed by atoms with Crippen molar-refractivity contribution in [2.75, 3.05) is 0 Å². The highest BCUT2D eigenvalue weighted by molar-refractivity contribution is 5.76. The van der Waals surface area contributed by atoms with Crippen molar-refractivity contribution in [3.8, 4) is 0 Å². The van der Waals surface area contributed by atoms with Crippen molar-refractivity contribution in [3.05, 3.63) is 29.8 Å². The lowest BCUT2D eigenvalue weighted by atomic mass is 10.1. The summed E-state index contributed by atoms with van der Waals surface area (Å²) in [6.07, 6.45) is 3.14. The van der Waals surface area contributed by atoms with E-state index in [0.29, 0.717) is 5.92 Å². The van der Waals surface area contributed by atoms with Crippen LogP contribution in [0.2, 0.25) is 0 Å². The molecule has 1 aromatic heterocycles. The maximum Gasteiger partial charge on any atom is 0.125 e. The van der Waals surface area contributed by atoms with Gasteiger partial charge in [0.1, 0.15) is 11.6 Å². The Balaban J connectivity index is 2.11. The lowest BCUT2D eigenvalue weighted by Gasteiger charge is -2.11. The van der Waals surface area contributed by atoms with Crippen molar-refractivity contribution in [1.29, 1.82) is 0 Å². The molecule has 0 radical (unpaired) electrons. The summed E-state index contributed by atoms with van der Waals surface area (Å²) in [5.41, 5.74) is 7.75.